The number of aliphatic hydroxyl groups is 10. The van der Waals surface area contributed by atoms with Crippen LogP contribution in [0.4, 0.5) is 0 Å². The van der Waals surface area contributed by atoms with Crippen molar-refractivity contribution < 1.29 is 60.6 Å². The summed E-state index contributed by atoms with van der Waals surface area (Å²) in [5.74, 6) is -3.72. The van der Waals surface area contributed by atoms with E-state index in [1.165, 1.54) is 0 Å². The zero-order chi connectivity index (χ0) is 51.4. The molecule has 0 aromatic rings. The van der Waals surface area contributed by atoms with Crippen LogP contribution >= 0.6 is 0 Å². The van der Waals surface area contributed by atoms with Gasteiger partial charge in [-0.1, -0.05) is 57.3 Å². The van der Waals surface area contributed by atoms with Gasteiger partial charge in [-0.2, -0.15) is 0 Å². The van der Waals surface area contributed by atoms with Gasteiger partial charge in [0.15, 0.2) is 5.78 Å². The van der Waals surface area contributed by atoms with Crippen LogP contribution in [-0.4, -0.2) is 142 Å². The van der Waals surface area contributed by atoms with Crippen molar-refractivity contribution >= 4 is 5.78 Å². The molecule has 15 heteroatoms. The summed E-state index contributed by atoms with van der Waals surface area (Å²) < 4.78 is 7.11. The number of Topliss-reactive ketones (excluding diaryl/α,β-unsaturated/α-hetero) is 1. The van der Waals surface area contributed by atoms with Gasteiger partial charge >= 0.3 is 0 Å². The van der Waals surface area contributed by atoms with Crippen molar-refractivity contribution in [1.29, 1.82) is 0 Å². The molecule has 1 spiro atoms. The van der Waals surface area contributed by atoms with Crippen molar-refractivity contribution in [2.45, 2.75) is 221 Å². The highest BCUT2D eigenvalue weighted by molar-refractivity contribution is 6.00. The zero-order valence-corrected chi connectivity index (χ0v) is 43.2. The van der Waals surface area contributed by atoms with Crippen LogP contribution in [0, 0.1) is 57.7 Å². The topological polar surface area (TPSA) is 279 Å². The van der Waals surface area contributed by atoms with Gasteiger partial charge in [0.05, 0.1) is 65.3 Å². The average molecular weight is 1010 g/mol. The Morgan fingerprint density at radius 3 is 2.40 bits per heavy atom. The number of allylic oxidation sites excluding steroid dienone is 5. The molecule has 2 heterocycles. The minimum atomic E-state index is -2.05. The molecule has 15 nitrogen and oxygen atoms in total. The Labute approximate surface area is 426 Å². The number of nitrogens with one attached hydrogen (secondary N) is 2. The standard InChI is InChI=1S/C57H89N3O12/c1-4-9-33-12-14-36-42(16-13-33)72-50-45(36)39(64)11-7-22-57(50,71)51(3,68)43-19-24-56(70)46-47(59-29-32(2)63)48(67)37-26-40(65)41(66)28-53(37)27-34(35-15-17-44(58)60-38(35)10-8-25-61)18-23-54(69,49(46)53)30-55(43,56)52(31-62)20-5-6-21-52/h15,17-18,23,32-34,36-37,39-45,49-50,59-66,68-71H,4-14,16,19-22,24-31,58H2,1-3H3. The second kappa shape index (κ2) is 19.3. The van der Waals surface area contributed by atoms with Gasteiger partial charge in [0.2, 0.25) is 0 Å². The van der Waals surface area contributed by atoms with Gasteiger partial charge in [-0.15, -0.1) is 0 Å². The molecule has 0 aromatic heterocycles. The summed E-state index contributed by atoms with van der Waals surface area (Å²) >= 11 is 0. The first kappa shape index (κ1) is 53.2. The molecule has 14 N–H and O–H groups in total. The van der Waals surface area contributed by atoms with E-state index in [-0.39, 0.29) is 81.4 Å². The van der Waals surface area contributed by atoms with Crippen molar-refractivity contribution in [1.82, 2.24) is 10.6 Å². The molecule has 0 radical (unpaired) electrons. The predicted molar refractivity (Wildman–Crippen MR) is 269 cm³/mol. The molecule has 404 valence electrons. The number of rotatable bonds is 13. The molecule has 20 unspecified atom stereocenters. The van der Waals surface area contributed by atoms with Crippen LogP contribution in [0.3, 0.4) is 0 Å². The van der Waals surface area contributed by atoms with Gasteiger partial charge in [0.1, 0.15) is 5.60 Å². The van der Waals surface area contributed by atoms with Crippen molar-refractivity contribution in [2.75, 3.05) is 19.8 Å². The van der Waals surface area contributed by atoms with Gasteiger partial charge in [0.25, 0.3) is 0 Å². The summed E-state index contributed by atoms with van der Waals surface area (Å²) in [7, 11) is 0. The molecule has 0 amide bonds. The number of hydrogen-bond acceptors (Lipinski definition) is 15. The summed E-state index contributed by atoms with van der Waals surface area (Å²) in [6.45, 7) is 4.95. The molecular weight excluding hydrogens is 919 g/mol. The maximum absolute atomic E-state index is 15.9. The van der Waals surface area contributed by atoms with Crippen LogP contribution in [0.15, 0.2) is 46.8 Å². The Morgan fingerprint density at radius 1 is 0.944 bits per heavy atom. The lowest BCUT2D eigenvalue weighted by Gasteiger charge is -2.70. The van der Waals surface area contributed by atoms with Gasteiger partial charge in [-0.3, -0.25) is 4.79 Å². The van der Waals surface area contributed by atoms with Gasteiger partial charge in [0, 0.05) is 60.0 Å². The maximum atomic E-state index is 15.9. The van der Waals surface area contributed by atoms with Gasteiger partial charge in [-0.25, -0.2) is 0 Å². The Kier molecular flexibility index (Phi) is 14.3. The Hall–Kier alpha value is -2.25. The number of fused-ring (bicyclic) bond motifs is 5. The summed E-state index contributed by atoms with van der Waals surface area (Å²) in [6.07, 6.45) is 11.9. The first-order valence-electron chi connectivity index (χ1n) is 28.4. The molecule has 10 rings (SSSR count). The van der Waals surface area contributed by atoms with Crippen molar-refractivity contribution in [3.63, 3.8) is 0 Å². The first-order valence-corrected chi connectivity index (χ1v) is 28.4. The maximum Gasteiger partial charge on any atom is 0.182 e. The first-order chi connectivity index (χ1) is 34.2. The van der Waals surface area contributed by atoms with Crippen LogP contribution in [-0.2, 0) is 9.53 Å². The van der Waals surface area contributed by atoms with E-state index < -0.39 is 117 Å². The number of dihydropyridines is 1. The van der Waals surface area contributed by atoms with E-state index >= 15 is 4.79 Å². The third kappa shape index (κ3) is 7.80. The second-order valence-corrected chi connectivity index (χ2v) is 25.5. The SMILES string of the molecule is CCCC1CCC2OC3C(C(O)CCCC3(O)C(C)(O)C3CCC4(O)C5=C(NCC(C)O)C(=O)C6CC(O)C(O)CC67CC(C6=C(CCCO)NC(N)C=C6)C=CC(O)(CC34C3(CO)CCCC3)C57)C2CC1. The molecule has 10 aliphatic rings. The highest BCUT2D eigenvalue weighted by Gasteiger charge is 2.83. The van der Waals surface area contributed by atoms with E-state index in [0.717, 1.165) is 49.8 Å². The molecule has 2 aliphatic heterocycles. The van der Waals surface area contributed by atoms with Crippen molar-refractivity contribution in [3.8, 4) is 0 Å². The van der Waals surface area contributed by atoms with Crippen LogP contribution in [0.5, 0.6) is 0 Å². The monoisotopic (exact) mass is 1010 g/mol. The van der Waals surface area contributed by atoms with Gasteiger partial charge < -0.3 is 72.2 Å². The number of nitrogens with two attached hydrogens (primary N) is 1. The fourth-order valence-corrected chi connectivity index (χ4v) is 19.0. The van der Waals surface area contributed by atoms with Crippen LogP contribution in [0.1, 0.15) is 156 Å². The number of ketones is 1. The molecule has 6 saturated carbocycles. The van der Waals surface area contributed by atoms with E-state index in [9.17, 15) is 51.1 Å². The highest BCUT2D eigenvalue weighted by Crippen LogP contribution is 2.79. The normalized spacial score (nSPS) is 47.8. The molecule has 72 heavy (non-hydrogen) atoms. The number of hydrogen-bond donors (Lipinski definition) is 13. The summed E-state index contributed by atoms with van der Waals surface area (Å²) in [5, 5.41) is 133. The number of ether oxygens (including phenoxy) is 1. The third-order valence-electron chi connectivity index (χ3n) is 21.9. The molecule has 1 saturated heterocycles. The van der Waals surface area contributed by atoms with E-state index in [0.29, 0.717) is 57.3 Å². The lowest BCUT2D eigenvalue weighted by atomic mass is 9.36. The molecule has 8 aliphatic carbocycles. The molecular formula is C57H89N3O12. The average Bonchev–Trinajstić information content (AvgIpc) is 3.98. The molecule has 20 atom stereocenters. The van der Waals surface area contributed by atoms with E-state index in [4.69, 9.17) is 10.5 Å². The van der Waals surface area contributed by atoms with Gasteiger partial charge in [-0.05, 0) is 157 Å². The second-order valence-electron chi connectivity index (χ2n) is 25.5. The number of carbonyl (C=O) groups excluding carboxylic acids is 1. The summed E-state index contributed by atoms with van der Waals surface area (Å²) in [5.41, 5.74) is -3.52. The van der Waals surface area contributed by atoms with Crippen LogP contribution < -0.4 is 16.4 Å². The lowest BCUT2D eigenvalue weighted by Crippen LogP contribution is -2.76. The van der Waals surface area contributed by atoms with Crippen LogP contribution in [0.2, 0.25) is 0 Å². The molecule has 0 bridgehead atoms. The smallest absolute Gasteiger partial charge is 0.182 e. The zero-order valence-electron chi connectivity index (χ0n) is 43.2. The third-order valence-corrected chi connectivity index (χ3v) is 21.9. The Morgan fingerprint density at radius 2 is 1.69 bits per heavy atom. The number of carbonyl (C=O) groups is 1. The van der Waals surface area contributed by atoms with E-state index in [1.54, 1.807) is 13.8 Å². The van der Waals surface area contributed by atoms with Crippen molar-refractivity contribution in [3.05, 3.63) is 46.8 Å². The highest BCUT2D eigenvalue weighted by atomic mass is 16.5. The largest absolute Gasteiger partial charge is 0.396 e. The van der Waals surface area contributed by atoms with Crippen molar-refractivity contribution in [2.24, 2.45) is 63.4 Å². The fourth-order valence-electron chi connectivity index (χ4n) is 19.0. The Balaban J connectivity index is 1.19. The quantitative estimate of drug-likeness (QED) is 0.118. The van der Waals surface area contributed by atoms with E-state index in [1.807, 2.05) is 24.3 Å². The van der Waals surface area contributed by atoms with Crippen LogP contribution in [0.25, 0.3) is 0 Å². The minimum Gasteiger partial charge on any atom is -0.396 e. The predicted octanol–water partition coefficient (Wildman–Crippen LogP) is 3.41. The van der Waals surface area contributed by atoms with E-state index in [2.05, 4.69) is 17.6 Å². The lowest BCUT2D eigenvalue weighted by molar-refractivity contribution is -0.290. The number of aliphatic hydroxyl groups excluding tert-OH is 6. The molecule has 7 fully saturated rings. The summed E-state index contributed by atoms with van der Waals surface area (Å²) in [4.78, 5) is 15.9. The summed E-state index contributed by atoms with van der Waals surface area (Å²) in [6, 6.07) is 0. The molecule has 0 aromatic carbocycles. The Bertz CT molecular complexity index is 2170. The fraction of sp³-hybridized carbons (Fsp3) is 0.842. The minimum absolute atomic E-state index is 0.0146.